The molecule has 0 amide bonds. The largest absolute Gasteiger partial charge is 0.380 e. The van der Waals surface area contributed by atoms with Gasteiger partial charge in [0.1, 0.15) is 0 Å². The van der Waals surface area contributed by atoms with Gasteiger partial charge in [-0.15, -0.1) is 0 Å². The molecule has 1 aromatic carbocycles. The fourth-order valence-corrected chi connectivity index (χ4v) is 2.48. The lowest BCUT2D eigenvalue weighted by molar-refractivity contribution is 0.124. The number of nitriles is 1. The first-order valence-corrected chi connectivity index (χ1v) is 7.37. The first-order valence-electron chi connectivity index (χ1n) is 7.37. The molecule has 0 saturated carbocycles. The van der Waals surface area contributed by atoms with E-state index in [0.717, 1.165) is 45.8 Å². The first kappa shape index (κ1) is 14.8. The standard InChI is InChI=1S/C16H23N3O/c17-8-4-14-20-15-5-9-18-10-12-19(13-11-18)16-6-2-1-3-7-16/h1-3,6-7H,4-5,9-15H2. The van der Waals surface area contributed by atoms with Crippen LogP contribution < -0.4 is 4.90 Å². The van der Waals surface area contributed by atoms with E-state index >= 15 is 0 Å². The van der Waals surface area contributed by atoms with Crippen LogP contribution in [0.4, 0.5) is 5.69 Å². The molecule has 4 nitrogen and oxygen atoms in total. The Morgan fingerprint density at radius 1 is 1.05 bits per heavy atom. The Kier molecular flexibility index (Phi) is 6.36. The van der Waals surface area contributed by atoms with Crippen LogP contribution in [-0.4, -0.2) is 50.8 Å². The first-order chi connectivity index (χ1) is 9.90. The van der Waals surface area contributed by atoms with Crippen LogP contribution in [0.25, 0.3) is 0 Å². The average molecular weight is 273 g/mol. The maximum absolute atomic E-state index is 8.40. The van der Waals surface area contributed by atoms with Gasteiger partial charge in [-0.2, -0.15) is 5.26 Å². The van der Waals surface area contributed by atoms with Gasteiger partial charge in [0.2, 0.25) is 0 Å². The zero-order valence-corrected chi connectivity index (χ0v) is 12.0. The molecular weight excluding hydrogens is 250 g/mol. The van der Waals surface area contributed by atoms with Crippen molar-refractivity contribution < 1.29 is 4.74 Å². The van der Waals surface area contributed by atoms with Gasteiger partial charge in [0.05, 0.1) is 19.1 Å². The molecule has 1 aliphatic heterocycles. The van der Waals surface area contributed by atoms with Gasteiger partial charge in [0.15, 0.2) is 0 Å². The van der Waals surface area contributed by atoms with Crippen LogP contribution in [0.15, 0.2) is 30.3 Å². The van der Waals surface area contributed by atoms with Crippen LogP contribution in [0.1, 0.15) is 12.8 Å². The van der Waals surface area contributed by atoms with Crippen molar-refractivity contribution in [2.45, 2.75) is 12.8 Å². The quantitative estimate of drug-likeness (QED) is 0.714. The Labute approximate surface area is 121 Å². The number of para-hydroxylation sites is 1. The van der Waals surface area contributed by atoms with Gasteiger partial charge in [-0.1, -0.05) is 18.2 Å². The summed E-state index contributed by atoms with van der Waals surface area (Å²) in [7, 11) is 0. The molecule has 0 atom stereocenters. The third-order valence-corrected chi connectivity index (χ3v) is 3.61. The lowest BCUT2D eigenvalue weighted by atomic mass is 10.2. The molecule has 0 N–H and O–H groups in total. The Morgan fingerprint density at radius 3 is 2.50 bits per heavy atom. The van der Waals surface area contributed by atoms with Crippen molar-refractivity contribution >= 4 is 5.69 Å². The monoisotopic (exact) mass is 273 g/mol. The summed E-state index contributed by atoms with van der Waals surface area (Å²) in [6, 6.07) is 12.7. The van der Waals surface area contributed by atoms with Gasteiger partial charge in [0, 0.05) is 45.0 Å². The molecule has 1 aromatic rings. The van der Waals surface area contributed by atoms with Crippen molar-refractivity contribution in [1.29, 1.82) is 5.26 Å². The number of nitrogens with zero attached hydrogens (tertiary/aromatic N) is 3. The van der Waals surface area contributed by atoms with Gasteiger partial charge in [-0.3, -0.25) is 4.90 Å². The van der Waals surface area contributed by atoms with E-state index in [1.165, 1.54) is 5.69 Å². The molecule has 0 aromatic heterocycles. The van der Waals surface area contributed by atoms with Gasteiger partial charge in [0.25, 0.3) is 0 Å². The average Bonchev–Trinajstić information content (AvgIpc) is 2.52. The normalized spacial score (nSPS) is 16.1. The molecule has 0 radical (unpaired) electrons. The lowest BCUT2D eigenvalue weighted by Gasteiger charge is -2.36. The molecule has 1 heterocycles. The molecule has 108 valence electrons. The predicted molar refractivity (Wildman–Crippen MR) is 80.8 cm³/mol. The molecule has 2 rings (SSSR count). The predicted octanol–water partition coefficient (Wildman–Crippen LogP) is 2.13. The summed E-state index contributed by atoms with van der Waals surface area (Å²) >= 11 is 0. The van der Waals surface area contributed by atoms with Crippen LogP contribution in [0.2, 0.25) is 0 Å². The second-order valence-corrected chi connectivity index (χ2v) is 5.04. The summed E-state index contributed by atoms with van der Waals surface area (Å²) in [5.74, 6) is 0. The summed E-state index contributed by atoms with van der Waals surface area (Å²) in [6.07, 6.45) is 1.55. The van der Waals surface area contributed by atoms with E-state index in [1.54, 1.807) is 0 Å². The smallest absolute Gasteiger partial charge is 0.0645 e. The van der Waals surface area contributed by atoms with E-state index in [1.807, 2.05) is 0 Å². The highest BCUT2D eigenvalue weighted by atomic mass is 16.5. The molecule has 4 heteroatoms. The number of piperazine rings is 1. The molecule has 1 fully saturated rings. The third kappa shape index (κ3) is 4.84. The second-order valence-electron chi connectivity index (χ2n) is 5.04. The van der Waals surface area contributed by atoms with Crippen LogP contribution in [0.3, 0.4) is 0 Å². The molecular formula is C16H23N3O. The molecule has 0 aliphatic carbocycles. The van der Waals surface area contributed by atoms with Crippen LogP contribution in [-0.2, 0) is 4.74 Å². The highest BCUT2D eigenvalue weighted by Crippen LogP contribution is 2.15. The van der Waals surface area contributed by atoms with E-state index < -0.39 is 0 Å². The Morgan fingerprint density at radius 2 is 1.80 bits per heavy atom. The summed E-state index contributed by atoms with van der Waals surface area (Å²) in [5, 5.41) is 8.40. The second kappa shape index (κ2) is 8.57. The number of hydrogen-bond acceptors (Lipinski definition) is 4. The van der Waals surface area contributed by atoms with Gasteiger partial charge < -0.3 is 9.64 Å². The fourth-order valence-electron chi connectivity index (χ4n) is 2.48. The Hall–Kier alpha value is -1.57. The van der Waals surface area contributed by atoms with Crippen LogP contribution in [0, 0.1) is 11.3 Å². The maximum atomic E-state index is 8.40. The number of benzene rings is 1. The minimum atomic E-state index is 0.496. The molecule has 1 aliphatic rings. The van der Waals surface area contributed by atoms with Crippen molar-refractivity contribution in [2.24, 2.45) is 0 Å². The number of rotatable bonds is 7. The zero-order valence-electron chi connectivity index (χ0n) is 12.0. The molecule has 1 saturated heterocycles. The molecule has 0 bridgehead atoms. The molecule has 20 heavy (non-hydrogen) atoms. The number of hydrogen-bond donors (Lipinski definition) is 0. The number of anilines is 1. The van der Waals surface area contributed by atoms with Crippen molar-refractivity contribution in [3.8, 4) is 6.07 Å². The topological polar surface area (TPSA) is 39.5 Å². The van der Waals surface area contributed by atoms with E-state index in [-0.39, 0.29) is 0 Å². The highest BCUT2D eigenvalue weighted by Gasteiger charge is 2.16. The van der Waals surface area contributed by atoms with Crippen LogP contribution in [0.5, 0.6) is 0 Å². The van der Waals surface area contributed by atoms with Gasteiger partial charge in [-0.05, 0) is 18.6 Å². The van der Waals surface area contributed by atoms with Gasteiger partial charge >= 0.3 is 0 Å². The van der Waals surface area contributed by atoms with Crippen molar-refractivity contribution in [2.75, 3.05) is 50.8 Å². The number of ether oxygens (including phenoxy) is 1. The Bertz CT molecular complexity index is 407. The van der Waals surface area contributed by atoms with E-state index in [4.69, 9.17) is 10.00 Å². The minimum absolute atomic E-state index is 0.496. The van der Waals surface area contributed by atoms with Crippen molar-refractivity contribution in [3.05, 3.63) is 30.3 Å². The zero-order chi connectivity index (χ0) is 14.0. The van der Waals surface area contributed by atoms with Crippen molar-refractivity contribution in [3.63, 3.8) is 0 Å². The maximum Gasteiger partial charge on any atom is 0.0645 e. The van der Waals surface area contributed by atoms with Gasteiger partial charge in [-0.25, -0.2) is 0 Å². The van der Waals surface area contributed by atoms with E-state index in [2.05, 4.69) is 46.2 Å². The minimum Gasteiger partial charge on any atom is -0.380 e. The lowest BCUT2D eigenvalue weighted by Crippen LogP contribution is -2.46. The molecule has 0 unspecified atom stereocenters. The van der Waals surface area contributed by atoms with E-state index in [9.17, 15) is 0 Å². The SMILES string of the molecule is N#CCCOCCCN1CCN(c2ccccc2)CC1. The molecule has 0 spiro atoms. The summed E-state index contributed by atoms with van der Waals surface area (Å²) in [6.45, 7) is 6.85. The summed E-state index contributed by atoms with van der Waals surface area (Å²) in [4.78, 5) is 4.94. The van der Waals surface area contributed by atoms with Crippen molar-refractivity contribution in [1.82, 2.24) is 4.90 Å². The highest BCUT2D eigenvalue weighted by molar-refractivity contribution is 5.46. The fraction of sp³-hybridized carbons (Fsp3) is 0.562. The summed E-state index contributed by atoms with van der Waals surface area (Å²) in [5.41, 5.74) is 1.33. The third-order valence-electron chi connectivity index (χ3n) is 3.61. The van der Waals surface area contributed by atoms with Crippen LogP contribution >= 0.6 is 0 Å². The van der Waals surface area contributed by atoms with E-state index in [0.29, 0.717) is 13.0 Å². The summed E-state index contributed by atoms with van der Waals surface area (Å²) < 4.78 is 5.40. The Balaban J connectivity index is 1.59.